The van der Waals surface area contributed by atoms with Crippen LogP contribution in [-0.2, 0) is 5.60 Å². The first-order valence-corrected chi connectivity index (χ1v) is 9.47. The van der Waals surface area contributed by atoms with E-state index in [2.05, 4.69) is 4.72 Å². The van der Waals surface area contributed by atoms with Crippen molar-refractivity contribution in [3.05, 3.63) is 70.3 Å². The van der Waals surface area contributed by atoms with Crippen LogP contribution in [0.2, 0.25) is 0 Å². The molecule has 2 aromatic rings. The zero-order chi connectivity index (χ0) is 19.3. The number of hydrogen-bond donors (Lipinski definition) is 1. The van der Waals surface area contributed by atoms with Crippen LogP contribution in [0.3, 0.4) is 0 Å². The Balaban J connectivity index is 1.82. The van der Waals surface area contributed by atoms with Crippen LogP contribution in [0, 0.1) is 10.1 Å². The molecule has 2 aromatic carbocycles. The van der Waals surface area contributed by atoms with Crippen LogP contribution in [0.4, 0.5) is 10.5 Å². The first kappa shape index (κ1) is 19.2. The summed E-state index contributed by atoms with van der Waals surface area (Å²) in [5.74, 6) is 0.578. The number of nitro benzene ring substituents is 1. The van der Waals surface area contributed by atoms with Gasteiger partial charge in [-0.05, 0) is 24.7 Å². The normalized spacial score (nSPS) is 16.0. The molecule has 142 valence electrons. The van der Waals surface area contributed by atoms with E-state index in [1.807, 2.05) is 35.2 Å². The van der Waals surface area contributed by atoms with Gasteiger partial charge in [0.25, 0.3) is 10.9 Å². The van der Waals surface area contributed by atoms with Gasteiger partial charge in [0.2, 0.25) is 0 Å². The maximum Gasteiger partial charge on any atom is 0.296 e. The Hall–Kier alpha value is -2.58. The molecule has 1 aliphatic heterocycles. The molecule has 0 spiro atoms. The summed E-state index contributed by atoms with van der Waals surface area (Å²) >= 11 is 1.07. The van der Waals surface area contributed by atoms with E-state index < -0.39 is 10.5 Å². The van der Waals surface area contributed by atoms with Gasteiger partial charge in [0, 0.05) is 50.0 Å². The number of likely N-dealkylation sites (tertiary alicyclic amines) is 1. The molecule has 0 unspecified atom stereocenters. The Morgan fingerprint density at radius 2 is 1.78 bits per heavy atom. The lowest BCUT2D eigenvalue weighted by Crippen LogP contribution is -2.47. The van der Waals surface area contributed by atoms with Crippen molar-refractivity contribution in [1.82, 2.24) is 9.62 Å². The van der Waals surface area contributed by atoms with E-state index in [-0.39, 0.29) is 10.9 Å². The smallest absolute Gasteiger partial charge is 0.296 e. The average molecular weight is 387 g/mol. The van der Waals surface area contributed by atoms with Crippen molar-refractivity contribution >= 4 is 22.9 Å². The number of non-ortho nitro benzene ring substituents is 1. The highest BCUT2D eigenvalue weighted by Crippen LogP contribution is 2.38. The highest BCUT2D eigenvalue weighted by molar-refractivity contribution is 8.11. The molecule has 1 aliphatic rings. The topological polar surface area (TPSA) is 84.7 Å². The third-order valence-electron chi connectivity index (χ3n) is 4.68. The number of carbonyl (C=O) groups is 1. The van der Waals surface area contributed by atoms with Gasteiger partial charge in [-0.3, -0.25) is 19.6 Å². The van der Waals surface area contributed by atoms with Crippen molar-refractivity contribution in [2.45, 2.75) is 18.4 Å². The number of nitrogens with zero attached hydrogens (tertiary/aromatic N) is 2. The number of carbonyl (C=O) groups excluding carboxylic acids is 1. The Kier molecular flexibility index (Phi) is 5.98. The van der Waals surface area contributed by atoms with Crippen LogP contribution in [0.5, 0.6) is 5.75 Å². The molecule has 0 aromatic heterocycles. The molecular formula is C19H21N3O4S. The van der Waals surface area contributed by atoms with E-state index in [0.717, 1.165) is 17.5 Å². The number of nitrogens with one attached hydrogen (secondary N) is 1. The van der Waals surface area contributed by atoms with Crippen molar-refractivity contribution in [3.63, 3.8) is 0 Å². The highest BCUT2D eigenvalue weighted by Gasteiger charge is 2.39. The van der Waals surface area contributed by atoms with E-state index >= 15 is 0 Å². The highest BCUT2D eigenvalue weighted by atomic mass is 32.2. The van der Waals surface area contributed by atoms with Crippen molar-refractivity contribution in [2.24, 2.45) is 0 Å². The first-order chi connectivity index (χ1) is 13.0. The van der Waals surface area contributed by atoms with E-state index in [0.29, 0.717) is 31.7 Å². The van der Waals surface area contributed by atoms with Crippen LogP contribution in [-0.4, -0.2) is 35.2 Å². The van der Waals surface area contributed by atoms with E-state index in [4.69, 9.17) is 4.74 Å². The summed E-state index contributed by atoms with van der Waals surface area (Å²) in [6, 6.07) is 16.0. The number of benzene rings is 2. The predicted molar refractivity (Wildman–Crippen MR) is 105 cm³/mol. The third-order valence-corrected chi connectivity index (χ3v) is 5.32. The fourth-order valence-corrected chi connectivity index (χ4v) is 3.74. The zero-order valence-corrected chi connectivity index (χ0v) is 15.8. The van der Waals surface area contributed by atoms with Crippen LogP contribution in [0.1, 0.15) is 18.4 Å². The van der Waals surface area contributed by atoms with Crippen molar-refractivity contribution in [1.29, 1.82) is 0 Å². The Morgan fingerprint density at radius 1 is 1.15 bits per heavy atom. The predicted octanol–water partition coefficient (Wildman–Crippen LogP) is 3.95. The number of rotatable bonds is 5. The minimum Gasteiger partial charge on any atom is -0.482 e. The van der Waals surface area contributed by atoms with Gasteiger partial charge in [-0.25, -0.2) is 0 Å². The second kappa shape index (κ2) is 8.41. The minimum absolute atomic E-state index is 0.00509. The lowest BCUT2D eigenvalue weighted by atomic mass is 9.84. The van der Waals surface area contributed by atoms with E-state index in [1.165, 1.54) is 12.1 Å². The second-order valence-corrected chi connectivity index (χ2v) is 7.23. The Bertz CT molecular complexity index is 790. The number of ether oxygens (including phenoxy) is 1. The van der Waals surface area contributed by atoms with Gasteiger partial charge in [0.05, 0.1) is 4.92 Å². The molecule has 1 heterocycles. The fraction of sp³-hybridized carbons (Fsp3) is 0.316. The number of amides is 1. The summed E-state index contributed by atoms with van der Waals surface area (Å²) in [5.41, 5.74) is 0.496. The van der Waals surface area contributed by atoms with Gasteiger partial charge >= 0.3 is 0 Å². The summed E-state index contributed by atoms with van der Waals surface area (Å²) in [7, 11) is 1.72. The third kappa shape index (κ3) is 4.40. The van der Waals surface area contributed by atoms with Crippen LogP contribution in [0.15, 0.2) is 54.6 Å². The van der Waals surface area contributed by atoms with Gasteiger partial charge in [0.15, 0.2) is 0 Å². The lowest BCUT2D eigenvalue weighted by Gasteiger charge is -2.42. The molecule has 0 saturated carbocycles. The van der Waals surface area contributed by atoms with Crippen molar-refractivity contribution < 1.29 is 14.5 Å². The maximum atomic E-state index is 12.1. The van der Waals surface area contributed by atoms with Crippen molar-refractivity contribution in [3.8, 4) is 5.75 Å². The van der Waals surface area contributed by atoms with Crippen LogP contribution >= 0.6 is 11.9 Å². The van der Waals surface area contributed by atoms with Gasteiger partial charge in [-0.15, -0.1) is 0 Å². The van der Waals surface area contributed by atoms with Crippen LogP contribution in [0.25, 0.3) is 0 Å². The standard InChI is InChI=1S/C19H21N3O4S/c1-20-27-18(23)21-13-11-19(12-14-21,15-5-3-2-4-6-15)26-17-9-7-16(8-10-17)22(24)25/h2-10,20H,11-14H2,1H3. The molecule has 0 atom stereocenters. The maximum absolute atomic E-state index is 12.1. The molecule has 8 heteroatoms. The molecule has 27 heavy (non-hydrogen) atoms. The molecule has 0 radical (unpaired) electrons. The van der Waals surface area contributed by atoms with E-state index in [9.17, 15) is 14.9 Å². The molecule has 3 rings (SSSR count). The lowest BCUT2D eigenvalue weighted by molar-refractivity contribution is -0.384. The van der Waals surface area contributed by atoms with E-state index in [1.54, 1.807) is 19.2 Å². The van der Waals surface area contributed by atoms with Gasteiger partial charge in [-0.2, -0.15) is 0 Å². The van der Waals surface area contributed by atoms with Crippen molar-refractivity contribution in [2.75, 3.05) is 20.1 Å². The number of hydrogen-bond acceptors (Lipinski definition) is 6. The summed E-state index contributed by atoms with van der Waals surface area (Å²) in [5, 5.41) is 10.9. The summed E-state index contributed by atoms with van der Waals surface area (Å²) in [6.45, 7) is 1.16. The first-order valence-electron chi connectivity index (χ1n) is 8.65. The van der Waals surface area contributed by atoms with Gasteiger partial charge < -0.3 is 9.64 Å². The Labute approximate surface area is 162 Å². The summed E-state index contributed by atoms with van der Waals surface area (Å²) in [4.78, 5) is 24.4. The molecule has 0 aliphatic carbocycles. The van der Waals surface area contributed by atoms with Gasteiger partial charge in [-0.1, -0.05) is 30.3 Å². The molecule has 1 fully saturated rings. The Morgan fingerprint density at radius 3 is 2.33 bits per heavy atom. The summed E-state index contributed by atoms with van der Waals surface area (Å²) < 4.78 is 9.18. The molecule has 1 saturated heterocycles. The monoisotopic (exact) mass is 387 g/mol. The second-order valence-electron chi connectivity index (χ2n) is 6.27. The average Bonchev–Trinajstić information content (AvgIpc) is 2.70. The quantitative estimate of drug-likeness (QED) is 0.475. The fourth-order valence-electron chi connectivity index (χ4n) is 3.26. The van der Waals surface area contributed by atoms with Crippen LogP contribution < -0.4 is 9.46 Å². The number of nitro groups is 1. The molecular weight excluding hydrogens is 366 g/mol. The van der Waals surface area contributed by atoms with Gasteiger partial charge in [0.1, 0.15) is 11.4 Å². The number of piperidine rings is 1. The largest absolute Gasteiger partial charge is 0.482 e. The molecule has 1 N–H and O–H groups in total. The molecule has 7 nitrogen and oxygen atoms in total. The summed E-state index contributed by atoms with van der Waals surface area (Å²) in [6.07, 6.45) is 1.29. The zero-order valence-electron chi connectivity index (χ0n) is 15.0. The SMILES string of the molecule is CNSC(=O)N1CCC(Oc2ccc([N+](=O)[O-])cc2)(c2ccccc2)CC1. The molecule has 0 bridgehead atoms. The minimum atomic E-state index is -0.571. The molecule has 1 amide bonds.